The summed E-state index contributed by atoms with van der Waals surface area (Å²) in [7, 11) is 0. The minimum absolute atomic E-state index is 0.652. The fraction of sp³-hybridized carbons (Fsp3) is 0.500. The van der Waals surface area contributed by atoms with Crippen LogP contribution >= 0.6 is 0 Å². The number of carboxylic acid groups (broad SMARTS) is 1. The maximum absolute atomic E-state index is 13.6. The van der Waals surface area contributed by atoms with Crippen LogP contribution in [0.4, 0.5) is 15.0 Å². The first-order chi connectivity index (χ1) is 9.31. The van der Waals surface area contributed by atoms with Gasteiger partial charge in [-0.3, -0.25) is 9.88 Å². The van der Waals surface area contributed by atoms with Gasteiger partial charge in [0, 0.05) is 0 Å². The van der Waals surface area contributed by atoms with E-state index in [2.05, 4.69) is 4.98 Å². The van der Waals surface area contributed by atoms with Gasteiger partial charge >= 0.3 is 11.8 Å². The average Bonchev–Trinajstić information content (AvgIpc) is 2.61. The first kappa shape index (κ1) is 14.4. The second-order valence-electron chi connectivity index (χ2n) is 4.27. The third kappa shape index (κ3) is 2.48. The second kappa shape index (κ2) is 5.15. The average molecular weight is 289 g/mol. The van der Waals surface area contributed by atoms with Gasteiger partial charge in [0.2, 0.25) is 0 Å². The number of carbonyl (C=O) groups is 1. The quantitative estimate of drug-likeness (QED) is 0.555. The molecule has 0 spiro atoms. The summed E-state index contributed by atoms with van der Waals surface area (Å²) in [4.78, 5) is 25.3. The van der Waals surface area contributed by atoms with Crippen molar-refractivity contribution in [1.29, 1.82) is 0 Å². The van der Waals surface area contributed by atoms with Crippen molar-refractivity contribution >= 4 is 11.9 Å². The monoisotopic (exact) mass is 289 g/mol. The molecule has 0 unspecified atom stereocenters. The van der Waals surface area contributed by atoms with Crippen molar-refractivity contribution in [2.24, 2.45) is 0 Å². The van der Waals surface area contributed by atoms with Crippen LogP contribution in [0.25, 0.3) is 0 Å². The molecule has 0 aromatic carbocycles. The number of ether oxygens (including phenoxy) is 1. The Morgan fingerprint density at radius 3 is 2.65 bits per heavy atom. The Bertz CT molecular complexity index is 591. The smallest absolute Gasteiger partial charge is 0.410 e. The molecule has 110 valence electrons. The summed E-state index contributed by atoms with van der Waals surface area (Å²) in [5.41, 5.74) is -1.03. The molecule has 0 aliphatic carbocycles. The maximum atomic E-state index is 13.6. The number of anilines is 1. The number of hydrogen-bond donors (Lipinski definition) is 4. The highest BCUT2D eigenvalue weighted by atomic mass is 19.1. The van der Waals surface area contributed by atoms with Crippen LogP contribution in [0.2, 0.25) is 0 Å². The first-order valence-corrected chi connectivity index (χ1v) is 5.61. The van der Waals surface area contributed by atoms with E-state index in [1.54, 1.807) is 5.32 Å². The van der Waals surface area contributed by atoms with Crippen molar-refractivity contribution in [3.05, 3.63) is 22.5 Å². The van der Waals surface area contributed by atoms with E-state index in [0.29, 0.717) is 10.8 Å². The van der Waals surface area contributed by atoms with Crippen molar-refractivity contribution in [3.8, 4) is 0 Å². The van der Waals surface area contributed by atoms with Gasteiger partial charge in [0.15, 0.2) is 17.9 Å². The molecule has 2 heterocycles. The summed E-state index contributed by atoms with van der Waals surface area (Å²) in [6.07, 6.45) is -5.63. The van der Waals surface area contributed by atoms with Gasteiger partial charge in [-0.25, -0.2) is 14.0 Å². The van der Waals surface area contributed by atoms with Gasteiger partial charge in [-0.2, -0.15) is 4.98 Å². The van der Waals surface area contributed by atoms with Gasteiger partial charge in [0.05, 0.1) is 12.3 Å². The molecule has 1 aromatic heterocycles. The lowest BCUT2D eigenvalue weighted by Gasteiger charge is -2.17. The highest BCUT2D eigenvalue weighted by molar-refractivity contribution is 5.81. The van der Waals surface area contributed by atoms with E-state index in [4.69, 9.17) is 9.84 Å². The van der Waals surface area contributed by atoms with Crippen LogP contribution in [-0.4, -0.2) is 49.3 Å². The largest absolute Gasteiger partial charge is 0.465 e. The van der Waals surface area contributed by atoms with Crippen LogP contribution in [0.15, 0.2) is 11.0 Å². The molecule has 9 nitrogen and oxygen atoms in total. The molecule has 1 amide bonds. The number of hydrogen-bond acceptors (Lipinski definition) is 6. The molecule has 1 aliphatic rings. The van der Waals surface area contributed by atoms with E-state index >= 15 is 0 Å². The Hall–Kier alpha value is -2.04. The van der Waals surface area contributed by atoms with Crippen LogP contribution in [0.1, 0.15) is 13.2 Å². The number of rotatable bonds is 2. The van der Waals surface area contributed by atoms with Gasteiger partial charge in [0.1, 0.15) is 12.2 Å². The van der Waals surface area contributed by atoms with Crippen molar-refractivity contribution in [3.63, 3.8) is 0 Å². The Labute approximate surface area is 111 Å². The van der Waals surface area contributed by atoms with Gasteiger partial charge in [0.25, 0.3) is 0 Å². The molecule has 1 saturated heterocycles. The molecule has 4 N–H and O–H groups in total. The normalized spacial score (nSPS) is 29.4. The molecule has 1 fully saturated rings. The number of aliphatic hydroxyl groups excluding tert-OH is 2. The predicted molar refractivity (Wildman–Crippen MR) is 61.7 cm³/mol. The van der Waals surface area contributed by atoms with Crippen LogP contribution in [0, 0.1) is 5.82 Å². The molecular formula is C10H12FN3O6. The molecule has 1 aliphatic heterocycles. The van der Waals surface area contributed by atoms with Crippen molar-refractivity contribution in [2.75, 3.05) is 5.32 Å². The lowest BCUT2D eigenvalue weighted by molar-refractivity contribution is -0.0355. The van der Waals surface area contributed by atoms with Crippen LogP contribution < -0.4 is 11.0 Å². The predicted octanol–water partition coefficient (Wildman–Crippen LogP) is -0.889. The highest BCUT2D eigenvalue weighted by Gasteiger charge is 2.42. The summed E-state index contributed by atoms with van der Waals surface area (Å²) in [6, 6.07) is 0. The van der Waals surface area contributed by atoms with E-state index in [1.165, 1.54) is 6.92 Å². The molecular weight excluding hydrogens is 277 g/mol. The molecule has 0 bridgehead atoms. The fourth-order valence-corrected chi connectivity index (χ4v) is 1.87. The van der Waals surface area contributed by atoms with Crippen LogP contribution in [-0.2, 0) is 4.74 Å². The zero-order chi connectivity index (χ0) is 15.0. The summed E-state index contributed by atoms with van der Waals surface area (Å²) < 4.78 is 19.4. The van der Waals surface area contributed by atoms with Gasteiger partial charge < -0.3 is 20.1 Å². The summed E-state index contributed by atoms with van der Waals surface area (Å²) >= 11 is 0. The molecule has 4 atom stereocenters. The van der Waals surface area contributed by atoms with Crippen molar-refractivity contribution < 1.29 is 29.2 Å². The Morgan fingerprint density at radius 1 is 1.50 bits per heavy atom. The van der Waals surface area contributed by atoms with Crippen molar-refractivity contribution in [1.82, 2.24) is 9.55 Å². The Balaban J connectivity index is 2.37. The number of amides is 1. The number of aliphatic hydroxyl groups is 2. The standard InChI is InChI=1S/C10H12FN3O6/c1-3-5(15)6(16)8(20-3)14-2-4(11)7(12-9(14)17)13-10(18)19/h2-3,5-6,8,15-16H,1H3,(H,18,19)(H,12,13,17)/t3-,5-,6-,8-/m1/s1. The maximum Gasteiger partial charge on any atom is 0.410 e. The molecule has 2 rings (SSSR count). The van der Waals surface area contributed by atoms with Gasteiger partial charge in [-0.15, -0.1) is 0 Å². The summed E-state index contributed by atoms with van der Waals surface area (Å²) in [6.45, 7) is 1.48. The summed E-state index contributed by atoms with van der Waals surface area (Å²) in [5, 5.41) is 29.3. The van der Waals surface area contributed by atoms with Crippen LogP contribution in [0.3, 0.4) is 0 Å². The SMILES string of the molecule is C[C@H]1O[C@@H](n2cc(F)c(NC(=O)O)nc2=O)[C@H](O)[C@@H]1O. The first-order valence-electron chi connectivity index (χ1n) is 5.61. The van der Waals surface area contributed by atoms with E-state index in [0.717, 1.165) is 0 Å². The minimum atomic E-state index is -1.57. The third-order valence-corrected chi connectivity index (χ3v) is 2.88. The zero-order valence-corrected chi connectivity index (χ0v) is 10.2. The molecule has 20 heavy (non-hydrogen) atoms. The van der Waals surface area contributed by atoms with Crippen molar-refractivity contribution in [2.45, 2.75) is 31.5 Å². The lowest BCUT2D eigenvalue weighted by Crippen LogP contribution is -2.36. The third-order valence-electron chi connectivity index (χ3n) is 2.88. The van der Waals surface area contributed by atoms with E-state index in [1.807, 2.05) is 0 Å². The number of aromatic nitrogens is 2. The second-order valence-corrected chi connectivity index (χ2v) is 4.27. The number of nitrogens with zero attached hydrogens (tertiary/aromatic N) is 2. The fourth-order valence-electron chi connectivity index (χ4n) is 1.87. The van der Waals surface area contributed by atoms with Crippen LogP contribution in [0.5, 0.6) is 0 Å². The molecule has 10 heteroatoms. The number of halogens is 1. The molecule has 1 aromatic rings. The minimum Gasteiger partial charge on any atom is -0.465 e. The molecule has 0 radical (unpaired) electrons. The lowest BCUT2D eigenvalue weighted by atomic mass is 10.1. The van der Waals surface area contributed by atoms with Gasteiger partial charge in [-0.05, 0) is 6.92 Å². The van der Waals surface area contributed by atoms with E-state index in [9.17, 15) is 24.2 Å². The molecule has 0 saturated carbocycles. The van der Waals surface area contributed by atoms with E-state index < -0.39 is 48.0 Å². The van der Waals surface area contributed by atoms with E-state index in [-0.39, 0.29) is 0 Å². The highest BCUT2D eigenvalue weighted by Crippen LogP contribution is 2.28. The Morgan fingerprint density at radius 2 is 2.15 bits per heavy atom. The summed E-state index contributed by atoms with van der Waals surface area (Å²) in [5.74, 6) is -1.86. The number of nitrogens with one attached hydrogen (secondary N) is 1. The topological polar surface area (TPSA) is 134 Å². The van der Waals surface area contributed by atoms with Gasteiger partial charge in [-0.1, -0.05) is 0 Å². The zero-order valence-electron chi connectivity index (χ0n) is 10.2. The Kier molecular flexibility index (Phi) is 3.70.